The summed E-state index contributed by atoms with van der Waals surface area (Å²) in [6, 6.07) is 8.63. The number of pyridine rings is 1. The molecule has 0 radical (unpaired) electrons. The van der Waals surface area contributed by atoms with Gasteiger partial charge in [-0.2, -0.15) is 13.2 Å². The first-order chi connectivity index (χ1) is 14.4. The third-order valence-corrected chi connectivity index (χ3v) is 4.04. The van der Waals surface area contributed by atoms with E-state index >= 15 is 0 Å². The van der Waals surface area contributed by atoms with Gasteiger partial charge in [0.15, 0.2) is 18.0 Å². The van der Waals surface area contributed by atoms with Crippen LogP contribution in [0.25, 0.3) is 17.1 Å². The number of esters is 1. The van der Waals surface area contributed by atoms with Crippen molar-refractivity contribution in [3.05, 3.63) is 78.2 Å². The van der Waals surface area contributed by atoms with Crippen molar-refractivity contribution in [2.75, 3.05) is 0 Å². The predicted octanol–water partition coefficient (Wildman–Crippen LogP) is 3.69. The van der Waals surface area contributed by atoms with Gasteiger partial charge >= 0.3 is 12.1 Å². The molecule has 0 bridgehead atoms. The lowest BCUT2D eigenvalue weighted by atomic mass is 10.1. The summed E-state index contributed by atoms with van der Waals surface area (Å²) in [5, 5.41) is 7.62. The Labute approximate surface area is 166 Å². The molecule has 4 rings (SSSR count). The molecule has 3 aromatic heterocycles. The third kappa shape index (κ3) is 4.19. The Morgan fingerprint density at radius 2 is 1.90 bits per heavy atom. The lowest BCUT2D eigenvalue weighted by molar-refractivity contribution is -0.137. The van der Waals surface area contributed by atoms with Gasteiger partial charge < -0.3 is 9.15 Å². The molecule has 0 amide bonds. The molecule has 0 spiro atoms. The highest BCUT2D eigenvalue weighted by atomic mass is 19.4. The number of aromatic nitrogens is 5. The molecule has 0 aliphatic rings. The molecule has 11 heteroatoms. The van der Waals surface area contributed by atoms with Crippen LogP contribution in [0.4, 0.5) is 13.2 Å². The normalized spacial score (nSPS) is 11.4. The van der Waals surface area contributed by atoms with E-state index in [0.717, 1.165) is 11.6 Å². The number of hydrogen-bond acceptors (Lipinski definition) is 7. The fourth-order valence-electron chi connectivity index (χ4n) is 2.52. The van der Waals surface area contributed by atoms with Gasteiger partial charge in [0.05, 0.1) is 23.5 Å². The van der Waals surface area contributed by atoms with Crippen LogP contribution in [0.2, 0.25) is 0 Å². The van der Waals surface area contributed by atoms with Crippen LogP contribution in [-0.2, 0) is 17.5 Å². The van der Waals surface area contributed by atoms with E-state index in [0.29, 0.717) is 23.2 Å². The van der Waals surface area contributed by atoms with Crippen molar-refractivity contribution in [2.24, 2.45) is 0 Å². The summed E-state index contributed by atoms with van der Waals surface area (Å²) < 4.78 is 49.4. The smallest absolute Gasteiger partial charge is 0.417 e. The predicted molar refractivity (Wildman–Crippen MR) is 95.2 cm³/mol. The second-order valence-corrected chi connectivity index (χ2v) is 6.08. The van der Waals surface area contributed by atoms with E-state index < -0.39 is 17.7 Å². The van der Waals surface area contributed by atoms with Crippen molar-refractivity contribution in [1.82, 2.24) is 25.0 Å². The Balaban J connectivity index is 1.38. The summed E-state index contributed by atoms with van der Waals surface area (Å²) in [4.78, 5) is 19.7. The lowest BCUT2D eigenvalue weighted by Gasteiger charge is -2.06. The zero-order valence-electron chi connectivity index (χ0n) is 15.1. The molecule has 0 aliphatic heterocycles. The number of alkyl halides is 3. The Morgan fingerprint density at radius 3 is 2.53 bits per heavy atom. The van der Waals surface area contributed by atoms with Gasteiger partial charge in [0, 0.05) is 11.8 Å². The number of hydrogen-bond donors (Lipinski definition) is 0. The van der Waals surface area contributed by atoms with Crippen LogP contribution in [0.5, 0.6) is 0 Å². The third-order valence-electron chi connectivity index (χ3n) is 4.04. The molecule has 0 atom stereocenters. The first-order valence-electron chi connectivity index (χ1n) is 8.51. The largest absolute Gasteiger partial charge is 0.455 e. The molecule has 0 fully saturated rings. The number of carbonyl (C=O) groups excluding carboxylic acids is 1. The van der Waals surface area contributed by atoms with Gasteiger partial charge in [-0.25, -0.2) is 19.4 Å². The SMILES string of the molecule is O=C(OCc1cn(-c2ccc(C(F)(F)F)cn2)nn1)c1ccc(-c2cnco2)cc1. The molecule has 0 N–H and O–H groups in total. The average Bonchev–Trinajstić information content (AvgIpc) is 3.44. The highest BCUT2D eigenvalue weighted by Gasteiger charge is 2.30. The molecule has 0 saturated heterocycles. The monoisotopic (exact) mass is 415 g/mol. The summed E-state index contributed by atoms with van der Waals surface area (Å²) in [6.07, 6.45) is 0.516. The van der Waals surface area contributed by atoms with Crippen LogP contribution < -0.4 is 0 Å². The molecule has 4 aromatic rings. The fraction of sp³-hybridized carbons (Fsp3) is 0.105. The van der Waals surface area contributed by atoms with Gasteiger partial charge in [-0.3, -0.25) is 0 Å². The number of oxazole rings is 1. The minimum atomic E-state index is -4.47. The lowest BCUT2D eigenvalue weighted by Crippen LogP contribution is -2.07. The van der Waals surface area contributed by atoms with E-state index in [9.17, 15) is 18.0 Å². The number of carbonyl (C=O) groups is 1. The first kappa shape index (κ1) is 19.3. The molecule has 30 heavy (non-hydrogen) atoms. The molecule has 0 unspecified atom stereocenters. The number of nitrogens with zero attached hydrogens (tertiary/aromatic N) is 5. The van der Waals surface area contributed by atoms with Crippen LogP contribution in [0, 0.1) is 0 Å². The molecule has 1 aromatic carbocycles. The molecule has 0 aliphatic carbocycles. The first-order valence-corrected chi connectivity index (χ1v) is 8.51. The van der Waals surface area contributed by atoms with Crippen LogP contribution in [0.3, 0.4) is 0 Å². The maximum Gasteiger partial charge on any atom is 0.417 e. The van der Waals surface area contributed by atoms with Gasteiger partial charge in [-0.1, -0.05) is 17.3 Å². The van der Waals surface area contributed by atoms with E-state index in [1.807, 2.05) is 0 Å². The van der Waals surface area contributed by atoms with Crippen molar-refractivity contribution < 1.29 is 27.1 Å². The maximum absolute atomic E-state index is 12.6. The second-order valence-electron chi connectivity index (χ2n) is 6.08. The Morgan fingerprint density at radius 1 is 1.10 bits per heavy atom. The number of halogens is 3. The van der Waals surface area contributed by atoms with Gasteiger partial charge in [0.2, 0.25) is 0 Å². The van der Waals surface area contributed by atoms with Crippen molar-refractivity contribution in [3.63, 3.8) is 0 Å². The average molecular weight is 415 g/mol. The number of rotatable bonds is 5. The van der Waals surface area contributed by atoms with Crippen molar-refractivity contribution in [2.45, 2.75) is 12.8 Å². The molecule has 0 saturated carbocycles. The minimum Gasteiger partial charge on any atom is -0.455 e. The summed E-state index contributed by atoms with van der Waals surface area (Å²) in [5.74, 6) is 0.154. The summed E-state index contributed by atoms with van der Waals surface area (Å²) in [6.45, 7) is -0.163. The van der Waals surface area contributed by atoms with Gasteiger partial charge in [-0.15, -0.1) is 5.10 Å². The standard InChI is InChI=1S/C19H12F3N5O3/c20-19(21,22)14-5-6-17(24-7-14)27-9-15(25-26-27)10-29-18(28)13-3-1-12(2-4-13)16-8-23-11-30-16/h1-9,11H,10H2. The summed E-state index contributed by atoms with van der Waals surface area (Å²) in [5.41, 5.74) is 0.532. The molecule has 152 valence electrons. The number of ether oxygens (including phenoxy) is 1. The van der Waals surface area contributed by atoms with E-state index in [1.54, 1.807) is 30.5 Å². The minimum absolute atomic E-state index is 0.149. The second kappa shape index (κ2) is 7.78. The van der Waals surface area contributed by atoms with Crippen LogP contribution in [-0.4, -0.2) is 30.9 Å². The highest BCUT2D eigenvalue weighted by Crippen LogP contribution is 2.28. The van der Waals surface area contributed by atoms with Crippen LogP contribution >= 0.6 is 0 Å². The van der Waals surface area contributed by atoms with E-state index in [1.165, 1.54) is 23.3 Å². The zero-order chi connectivity index (χ0) is 21.1. The van der Waals surface area contributed by atoms with E-state index in [4.69, 9.17) is 9.15 Å². The topological polar surface area (TPSA) is 95.9 Å². The Kier molecular flexibility index (Phi) is 5.00. The summed E-state index contributed by atoms with van der Waals surface area (Å²) in [7, 11) is 0. The number of benzene rings is 1. The van der Waals surface area contributed by atoms with Crippen LogP contribution in [0.15, 0.2) is 65.8 Å². The van der Waals surface area contributed by atoms with E-state index in [2.05, 4.69) is 20.3 Å². The zero-order valence-corrected chi connectivity index (χ0v) is 15.1. The van der Waals surface area contributed by atoms with Gasteiger partial charge in [-0.05, 0) is 24.3 Å². The van der Waals surface area contributed by atoms with Crippen LogP contribution in [0.1, 0.15) is 21.6 Å². The molecular weight excluding hydrogens is 403 g/mol. The van der Waals surface area contributed by atoms with Gasteiger partial charge in [0.1, 0.15) is 12.3 Å². The Hall–Kier alpha value is -4.02. The van der Waals surface area contributed by atoms with Crippen molar-refractivity contribution in [1.29, 1.82) is 0 Å². The molecule has 8 nitrogen and oxygen atoms in total. The summed E-state index contributed by atoms with van der Waals surface area (Å²) >= 11 is 0. The fourth-order valence-corrected chi connectivity index (χ4v) is 2.52. The maximum atomic E-state index is 12.6. The van der Waals surface area contributed by atoms with Crippen molar-refractivity contribution in [3.8, 4) is 17.1 Å². The van der Waals surface area contributed by atoms with Gasteiger partial charge in [0.25, 0.3) is 0 Å². The highest BCUT2D eigenvalue weighted by molar-refractivity contribution is 5.89. The van der Waals surface area contributed by atoms with Crippen molar-refractivity contribution >= 4 is 5.97 Å². The van der Waals surface area contributed by atoms with E-state index in [-0.39, 0.29) is 12.4 Å². The molecular formula is C19H12F3N5O3. The quantitative estimate of drug-likeness (QED) is 0.459. The Bertz CT molecular complexity index is 1140. The molecule has 3 heterocycles.